The number of methoxy groups -OCH3 is 1. The van der Waals surface area contributed by atoms with Crippen molar-refractivity contribution in [1.29, 1.82) is 0 Å². The number of rotatable bonds is 7. The van der Waals surface area contributed by atoms with E-state index in [0.717, 1.165) is 39.2 Å². The van der Waals surface area contributed by atoms with Crippen LogP contribution in [0.4, 0.5) is 5.69 Å². The minimum atomic E-state index is -0.209. The summed E-state index contributed by atoms with van der Waals surface area (Å²) in [5.41, 5.74) is 3.92. The minimum absolute atomic E-state index is 0.209. The highest BCUT2D eigenvalue weighted by Gasteiger charge is 2.26. The molecule has 0 bridgehead atoms. The van der Waals surface area contributed by atoms with Gasteiger partial charge in [-0.3, -0.25) is 0 Å². The van der Waals surface area contributed by atoms with Crippen LogP contribution in [0.5, 0.6) is 0 Å². The highest BCUT2D eigenvalue weighted by Crippen LogP contribution is 2.28. The van der Waals surface area contributed by atoms with E-state index in [2.05, 4.69) is 35.3 Å². The Balaban J connectivity index is 1.93. The van der Waals surface area contributed by atoms with Crippen LogP contribution < -0.4 is 10.2 Å². The van der Waals surface area contributed by atoms with Gasteiger partial charge in [-0.15, -0.1) is 0 Å². The molecule has 21 heavy (non-hydrogen) atoms. The summed E-state index contributed by atoms with van der Waals surface area (Å²) in [6, 6.07) is 6.66. The largest absolute Gasteiger partial charge is 0.393 e. The van der Waals surface area contributed by atoms with Crippen molar-refractivity contribution in [2.75, 3.05) is 38.3 Å². The van der Waals surface area contributed by atoms with Gasteiger partial charge in [0.25, 0.3) is 0 Å². The van der Waals surface area contributed by atoms with E-state index in [1.165, 1.54) is 16.8 Å². The fourth-order valence-corrected chi connectivity index (χ4v) is 2.99. The van der Waals surface area contributed by atoms with Crippen molar-refractivity contribution in [3.8, 4) is 0 Å². The Morgan fingerprint density at radius 3 is 2.90 bits per heavy atom. The Morgan fingerprint density at radius 1 is 1.48 bits per heavy atom. The van der Waals surface area contributed by atoms with E-state index in [1.807, 2.05) is 6.92 Å². The molecule has 0 aliphatic carbocycles. The maximum atomic E-state index is 9.73. The van der Waals surface area contributed by atoms with E-state index >= 15 is 0 Å². The molecule has 2 N–H and O–H groups in total. The number of ether oxygens (including phenoxy) is 1. The van der Waals surface area contributed by atoms with Crippen LogP contribution in [0.25, 0.3) is 0 Å². The summed E-state index contributed by atoms with van der Waals surface area (Å²) >= 11 is 0. The third-order valence-corrected chi connectivity index (χ3v) is 4.32. The smallest absolute Gasteiger partial charge is 0.0587 e. The van der Waals surface area contributed by atoms with Gasteiger partial charge in [0.15, 0.2) is 0 Å². The second-order valence-corrected chi connectivity index (χ2v) is 6.03. The SMILES string of the molecule is COCCNCc1ccc(N2CCC(C(C)O)C2)c(C)c1. The second-order valence-electron chi connectivity index (χ2n) is 6.03. The number of benzene rings is 1. The molecule has 118 valence electrons. The zero-order chi connectivity index (χ0) is 15.2. The number of hydrogen-bond acceptors (Lipinski definition) is 4. The van der Waals surface area contributed by atoms with Crippen LogP contribution >= 0.6 is 0 Å². The first kappa shape index (κ1) is 16.3. The summed E-state index contributed by atoms with van der Waals surface area (Å²) < 4.78 is 5.03. The van der Waals surface area contributed by atoms with Gasteiger partial charge >= 0.3 is 0 Å². The van der Waals surface area contributed by atoms with Crippen molar-refractivity contribution < 1.29 is 9.84 Å². The Kier molecular flexibility index (Phi) is 6.03. The lowest BCUT2D eigenvalue weighted by atomic mass is 10.0. The number of anilines is 1. The standard InChI is InChI=1S/C17H28N2O2/c1-13-10-15(11-18-7-9-21-3)4-5-17(13)19-8-6-16(12-19)14(2)20/h4-5,10,14,16,18,20H,6-9,11-12H2,1-3H3. The minimum Gasteiger partial charge on any atom is -0.393 e. The van der Waals surface area contributed by atoms with Gasteiger partial charge in [0.05, 0.1) is 12.7 Å². The Morgan fingerprint density at radius 2 is 2.29 bits per heavy atom. The van der Waals surface area contributed by atoms with Crippen LogP contribution in [0, 0.1) is 12.8 Å². The fourth-order valence-electron chi connectivity index (χ4n) is 2.99. The Hall–Kier alpha value is -1.10. The van der Waals surface area contributed by atoms with E-state index in [4.69, 9.17) is 4.74 Å². The molecule has 4 heteroatoms. The number of aryl methyl sites for hydroxylation is 1. The molecule has 1 aromatic carbocycles. The summed E-state index contributed by atoms with van der Waals surface area (Å²) in [6.07, 6.45) is 0.872. The Labute approximate surface area is 128 Å². The maximum Gasteiger partial charge on any atom is 0.0587 e. The molecule has 2 atom stereocenters. The molecule has 1 aliphatic rings. The molecule has 1 fully saturated rings. The molecule has 4 nitrogen and oxygen atoms in total. The maximum absolute atomic E-state index is 9.73. The molecule has 0 radical (unpaired) electrons. The van der Waals surface area contributed by atoms with Crippen LogP contribution in [0.1, 0.15) is 24.5 Å². The van der Waals surface area contributed by atoms with Crippen LogP contribution in [0.2, 0.25) is 0 Å². The summed E-state index contributed by atoms with van der Waals surface area (Å²) in [5, 5.41) is 13.1. The summed E-state index contributed by atoms with van der Waals surface area (Å²) in [4.78, 5) is 2.40. The van der Waals surface area contributed by atoms with Crippen molar-refractivity contribution in [1.82, 2.24) is 5.32 Å². The second kappa shape index (κ2) is 7.78. The monoisotopic (exact) mass is 292 g/mol. The predicted molar refractivity (Wildman–Crippen MR) is 86.8 cm³/mol. The lowest BCUT2D eigenvalue weighted by Gasteiger charge is -2.22. The number of nitrogens with one attached hydrogen (secondary N) is 1. The molecule has 1 heterocycles. The van der Waals surface area contributed by atoms with Crippen LogP contribution in [0.15, 0.2) is 18.2 Å². The van der Waals surface area contributed by atoms with Crippen LogP contribution in [-0.4, -0.2) is 44.6 Å². The van der Waals surface area contributed by atoms with E-state index in [9.17, 15) is 5.11 Å². The normalized spacial score (nSPS) is 20.0. The third-order valence-electron chi connectivity index (χ3n) is 4.32. The van der Waals surface area contributed by atoms with Gasteiger partial charge in [0, 0.05) is 44.9 Å². The van der Waals surface area contributed by atoms with Crippen LogP contribution in [0.3, 0.4) is 0 Å². The highest BCUT2D eigenvalue weighted by atomic mass is 16.5. The van der Waals surface area contributed by atoms with E-state index in [1.54, 1.807) is 7.11 Å². The third kappa shape index (κ3) is 4.43. The number of hydrogen-bond donors (Lipinski definition) is 2. The average Bonchev–Trinajstić information content (AvgIpc) is 2.93. The van der Waals surface area contributed by atoms with Crippen molar-refractivity contribution in [3.05, 3.63) is 29.3 Å². The topological polar surface area (TPSA) is 44.7 Å². The molecule has 0 amide bonds. The lowest BCUT2D eigenvalue weighted by molar-refractivity contribution is 0.136. The lowest BCUT2D eigenvalue weighted by Crippen LogP contribution is -2.24. The van der Waals surface area contributed by atoms with Crippen LogP contribution in [-0.2, 0) is 11.3 Å². The molecule has 1 aliphatic heterocycles. The van der Waals surface area contributed by atoms with E-state index in [0.29, 0.717) is 5.92 Å². The zero-order valence-corrected chi connectivity index (χ0v) is 13.4. The first-order valence-corrected chi connectivity index (χ1v) is 7.84. The summed E-state index contributed by atoms with van der Waals surface area (Å²) in [6.45, 7) is 8.57. The molecule has 0 saturated carbocycles. The summed E-state index contributed by atoms with van der Waals surface area (Å²) in [7, 11) is 1.72. The van der Waals surface area contributed by atoms with Crippen molar-refractivity contribution in [2.24, 2.45) is 5.92 Å². The first-order chi connectivity index (χ1) is 10.1. The van der Waals surface area contributed by atoms with Gasteiger partial charge in [-0.25, -0.2) is 0 Å². The number of nitrogens with zero attached hydrogens (tertiary/aromatic N) is 1. The van der Waals surface area contributed by atoms with Crippen molar-refractivity contribution >= 4 is 5.69 Å². The molecule has 0 spiro atoms. The molecule has 2 unspecified atom stereocenters. The van der Waals surface area contributed by atoms with Gasteiger partial charge in [0.2, 0.25) is 0 Å². The quantitative estimate of drug-likeness (QED) is 0.754. The number of aliphatic hydroxyl groups is 1. The molecular weight excluding hydrogens is 264 g/mol. The van der Waals surface area contributed by atoms with Crippen molar-refractivity contribution in [3.63, 3.8) is 0 Å². The van der Waals surface area contributed by atoms with Gasteiger partial charge in [-0.1, -0.05) is 12.1 Å². The molecule has 1 aromatic rings. The molecule has 2 rings (SSSR count). The summed E-state index contributed by atoms with van der Waals surface area (Å²) in [5.74, 6) is 0.403. The highest BCUT2D eigenvalue weighted by molar-refractivity contribution is 5.55. The fraction of sp³-hybridized carbons (Fsp3) is 0.647. The Bertz CT molecular complexity index is 448. The molecule has 0 aromatic heterocycles. The first-order valence-electron chi connectivity index (χ1n) is 7.84. The van der Waals surface area contributed by atoms with E-state index < -0.39 is 0 Å². The predicted octanol–water partition coefficient (Wildman–Crippen LogP) is 1.94. The zero-order valence-electron chi connectivity index (χ0n) is 13.4. The van der Waals surface area contributed by atoms with Gasteiger partial charge in [0.1, 0.15) is 0 Å². The number of aliphatic hydroxyl groups excluding tert-OH is 1. The van der Waals surface area contributed by atoms with Gasteiger partial charge < -0.3 is 20.1 Å². The molecule has 1 saturated heterocycles. The van der Waals surface area contributed by atoms with E-state index in [-0.39, 0.29) is 6.10 Å². The van der Waals surface area contributed by atoms with Gasteiger partial charge in [-0.05, 0) is 37.5 Å². The average molecular weight is 292 g/mol. The van der Waals surface area contributed by atoms with Crippen molar-refractivity contribution in [2.45, 2.75) is 32.9 Å². The van der Waals surface area contributed by atoms with Gasteiger partial charge in [-0.2, -0.15) is 0 Å². The molecular formula is C17H28N2O2.